The quantitative estimate of drug-likeness (QED) is 0.899. The number of fused-ring (bicyclic) bond motifs is 1. The predicted molar refractivity (Wildman–Crippen MR) is 76.5 cm³/mol. The number of amides is 1. The zero-order valence-corrected chi connectivity index (χ0v) is 12.7. The highest BCUT2D eigenvalue weighted by Crippen LogP contribution is 2.24. The van der Waals surface area contributed by atoms with Crippen LogP contribution >= 0.6 is 0 Å². The molecule has 0 saturated heterocycles. The van der Waals surface area contributed by atoms with Gasteiger partial charge in [-0.05, 0) is 24.9 Å². The van der Waals surface area contributed by atoms with Crippen molar-refractivity contribution in [2.45, 2.75) is 45.7 Å². The van der Waals surface area contributed by atoms with Gasteiger partial charge in [0.15, 0.2) is 5.82 Å². The van der Waals surface area contributed by atoms with Crippen molar-refractivity contribution < 1.29 is 14.1 Å². The van der Waals surface area contributed by atoms with Crippen molar-refractivity contribution in [3.05, 3.63) is 23.5 Å². The Balaban J connectivity index is 1.73. The van der Waals surface area contributed by atoms with Crippen molar-refractivity contribution in [1.29, 1.82) is 0 Å². The number of ether oxygens (including phenoxy) is 1. The van der Waals surface area contributed by atoms with Gasteiger partial charge in [0.2, 0.25) is 5.76 Å². The number of nitrogens with zero attached hydrogens (tertiary/aromatic N) is 4. The first kappa shape index (κ1) is 14.6. The number of carbonyl (C=O) groups excluding carboxylic acids is 1. The lowest BCUT2D eigenvalue weighted by Gasteiger charge is -2.22. The summed E-state index contributed by atoms with van der Waals surface area (Å²) in [5, 5.41) is 11.0. The predicted octanol–water partition coefficient (Wildman–Crippen LogP) is 1.49. The van der Waals surface area contributed by atoms with Gasteiger partial charge in [0.25, 0.3) is 11.8 Å². The van der Waals surface area contributed by atoms with Gasteiger partial charge in [0.1, 0.15) is 5.82 Å². The third-order valence-electron chi connectivity index (χ3n) is 3.54. The van der Waals surface area contributed by atoms with Crippen LogP contribution < -0.4 is 10.1 Å². The third kappa shape index (κ3) is 2.81. The summed E-state index contributed by atoms with van der Waals surface area (Å²) in [5.41, 5.74) is 0. The van der Waals surface area contributed by atoms with Crippen LogP contribution in [-0.2, 0) is 13.0 Å². The zero-order chi connectivity index (χ0) is 15.5. The number of aromatic nitrogens is 4. The maximum atomic E-state index is 12.3. The molecule has 0 spiro atoms. The summed E-state index contributed by atoms with van der Waals surface area (Å²) in [6.45, 7) is 5.16. The molecule has 0 aromatic carbocycles. The Morgan fingerprint density at radius 3 is 3.18 bits per heavy atom. The fourth-order valence-electron chi connectivity index (χ4n) is 2.50. The van der Waals surface area contributed by atoms with E-state index in [1.807, 2.05) is 18.5 Å². The molecule has 0 radical (unpaired) electrons. The minimum absolute atomic E-state index is 0.135. The molecule has 1 N–H and O–H groups in total. The molecule has 8 heteroatoms. The van der Waals surface area contributed by atoms with E-state index >= 15 is 0 Å². The van der Waals surface area contributed by atoms with E-state index in [1.54, 1.807) is 0 Å². The first-order chi connectivity index (χ1) is 10.7. The molecule has 3 heterocycles. The lowest BCUT2D eigenvalue weighted by atomic mass is 10.1. The monoisotopic (exact) mass is 305 g/mol. The molecule has 118 valence electrons. The molecule has 0 saturated carbocycles. The van der Waals surface area contributed by atoms with E-state index in [2.05, 4.69) is 20.6 Å². The number of hydrogen-bond donors (Lipinski definition) is 1. The molecule has 0 fully saturated rings. The van der Waals surface area contributed by atoms with Gasteiger partial charge in [-0.1, -0.05) is 6.92 Å². The average molecular weight is 305 g/mol. The van der Waals surface area contributed by atoms with Crippen LogP contribution in [0.5, 0.6) is 5.88 Å². The normalized spacial score (nSPS) is 17.1. The van der Waals surface area contributed by atoms with Crippen molar-refractivity contribution in [3.8, 4) is 5.88 Å². The Bertz CT molecular complexity index is 663. The van der Waals surface area contributed by atoms with Gasteiger partial charge in [-0.25, -0.2) is 9.67 Å². The standard InChI is InChI=1S/C14H19N5O3/c1-3-11-16-13-9(6-5-7-19(13)17-11)15-14(20)10-8-12(18-22-10)21-4-2/h8-9H,3-7H2,1-2H3,(H,15,20)/t9-/m0/s1. The third-order valence-corrected chi connectivity index (χ3v) is 3.54. The largest absolute Gasteiger partial charge is 0.476 e. The van der Waals surface area contributed by atoms with Crippen molar-refractivity contribution >= 4 is 5.91 Å². The zero-order valence-electron chi connectivity index (χ0n) is 12.7. The van der Waals surface area contributed by atoms with E-state index in [0.717, 1.165) is 37.5 Å². The summed E-state index contributed by atoms with van der Waals surface area (Å²) in [4.78, 5) is 16.8. The average Bonchev–Trinajstić information content (AvgIpc) is 3.14. The lowest BCUT2D eigenvalue weighted by molar-refractivity contribution is 0.0889. The fraction of sp³-hybridized carbons (Fsp3) is 0.571. The van der Waals surface area contributed by atoms with E-state index in [4.69, 9.17) is 9.26 Å². The second-order valence-corrected chi connectivity index (χ2v) is 5.09. The summed E-state index contributed by atoms with van der Waals surface area (Å²) < 4.78 is 12.1. The second kappa shape index (κ2) is 6.17. The van der Waals surface area contributed by atoms with Gasteiger partial charge in [-0.15, -0.1) is 0 Å². The molecule has 0 bridgehead atoms. The van der Waals surface area contributed by atoms with Crippen molar-refractivity contribution in [2.24, 2.45) is 0 Å². The summed E-state index contributed by atoms with van der Waals surface area (Å²) in [5.74, 6) is 1.73. The molecule has 1 aliphatic heterocycles. The van der Waals surface area contributed by atoms with Gasteiger partial charge < -0.3 is 14.6 Å². The van der Waals surface area contributed by atoms with Gasteiger partial charge in [0, 0.05) is 13.0 Å². The highest BCUT2D eigenvalue weighted by molar-refractivity contribution is 5.91. The number of hydrogen-bond acceptors (Lipinski definition) is 6. The van der Waals surface area contributed by atoms with Gasteiger partial charge in [-0.3, -0.25) is 4.79 Å². The Morgan fingerprint density at radius 2 is 2.41 bits per heavy atom. The maximum Gasteiger partial charge on any atom is 0.290 e. The maximum absolute atomic E-state index is 12.3. The van der Waals surface area contributed by atoms with Crippen LogP contribution in [0, 0.1) is 0 Å². The molecule has 8 nitrogen and oxygen atoms in total. The molecule has 22 heavy (non-hydrogen) atoms. The molecule has 1 amide bonds. The second-order valence-electron chi connectivity index (χ2n) is 5.09. The van der Waals surface area contributed by atoms with Crippen LogP contribution in [-0.4, -0.2) is 32.4 Å². The Labute approximate surface area is 127 Å². The molecule has 2 aromatic rings. The van der Waals surface area contributed by atoms with E-state index in [1.165, 1.54) is 6.07 Å². The van der Waals surface area contributed by atoms with Crippen molar-refractivity contribution in [2.75, 3.05) is 6.61 Å². The van der Waals surface area contributed by atoms with E-state index in [9.17, 15) is 4.79 Å². The molecule has 3 rings (SSSR count). The summed E-state index contributed by atoms with van der Waals surface area (Å²) >= 11 is 0. The highest BCUT2D eigenvalue weighted by atomic mass is 16.5. The fourth-order valence-corrected chi connectivity index (χ4v) is 2.50. The van der Waals surface area contributed by atoms with E-state index in [0.29, 0.717) is 12.5 Å². The van der Waals surface area contributed by atoms with Crippen LogP contribution in [0.15, 0.2) is 10.6 Å². The van der Waals surface area contributed by atoms with E-state index in [-0.39, 0.29) is 17.7 Å². The molecule has 1 atom stereocenters. The number of rotatable bonds is 5. The van der Waals surface area contributed by atoms with Crippen LogP contribution in [0.4, 0.5) is 0 Å². The molecular weight excluding hydrogens is 286 g/mol. The van der Waals surface area contributed by atoms with Crippen LogP contribution in [0.3, 0.4) is 0 Å². The first-order valence-electron chi connectivity index (χ1n) is 7.55. The summed E-state index contributed by atoms with van der Waals surface area (Å²) in [7, 11) is 0. The minimum atomic E-state index is -0.321. The van der Waals surface area contributed by atoms with Gasteiger partial charge >= 0.3 is 0 Å². The number of nitrogens with one attached hydrogen (secondary N) is 1. The number of carbonyl (C=O) groups is 1. The Morgan fingerprint density at radius 1 is 1.55 bits per heavy atom. The summed E-state index contributed by atoms with van der Waals surface area (Å²) in [6.07, 6.45) is 2.56. The summed E-state index contributed by atoms with van der Waals surface area (Å²) in [6, 6.07) is 1.33. The van der Waals surface area contributed by atoms with Crippen LogP contribution in [0.25, 0.3) is 0 Å². The molecule has 2 aromatic heterocycles. The minimum Gasteiger partial charge on any atom is -0.476 e. The van der Waals surface area contributed by atoms with Crippen LogP contribution in [0.1, 0.15) is 54.9 Å². The van der Waals surface area contributed by atoms with Crippen molar-refractivity contribution in [3.63, 3.8) is 0 Å². The molecule has 0 aliphatic carbocycles. The molecule has 0 unspecified atom stereocenters. The molecule has 1 aliphatic rings. The first-order valence-corrected chi connectivity index (χ1v) is 7.55. The SMILES string of the molecule is CCOc1cc(C(=O)N[C@H]2CCCn3nc(CC)nc32)on1. The number of aryl methyl sites for hydroxylation is 2. The van der Waals surface area contributed by atoms with Crippen LogP contribution in [0.2, 0.25) is 0 Å². The topological polar surface area (TPSA) is 95.1 Å². The van der Waals surface area contributed by atoms with Gasteiger partial charge in [-0.2, -0.15) is 5.10 Å². The Kier molecular flexibility index (Phi) is 4.08. The van der Waals surface area contributed by atoms with Gasteiger partial charge in [0.05, 0.1) is 18.7 Å². The van der Waals surface area contributed by atoms with E-state index < -0.39 is 0 Å². The molecular formula is C14H19N5O3. The lowest BCUT2D eigenvalue weighted by Crippen LogP contribution is -2.33. The Hall–Kier alpha value is -2.38. The van der Waals surface area contributed by atoms with Crippen molar-refractivity contribution in [1.82, 2.24) is 25.2 Å². The smallest absolute Gasteiger partial charge is 0.290 e. The highest BCUT2D eigenvalue weighted by Gasteiger charge is 2.27.